The van der Waals surface area contributed by atoms with Crippen LogP contribution in [0.4, 0.5) is 4.79 Å². The van der Waals surface area contributed by atoms with Gasteiger partial charge in [-0.25, -0.2) is 10.6 Å². The van der Waals surface area contributed by atoms with Crippen LogP contribution in [0.2, 0.25) is 0 Å². The van der Waals surface area contributed by atoms with E-state index in [1.807, 2.05) is 30.3 Å². The predicted octanol–water partition coefficient (Wildman–Crippen LogP) is 1.30. The van der Waals surface area contributed by atoms with Crippen molar-refractivity contribution in [2.45, 2.75) is 4.90 Å². The zero-order chi connectivity index (χ0) is 14.8. The first-order valence-corrected chi connectivity index (χ1v) is 7.12. The number of hydrazine groups is 1. The average Bonchev–Trinajstić information content (AvgIpc) is 2.47. The standard InChI is InChI=1S/C13H13N3O3S/c14-13(17)16(15)20(18,19)12-8-6-11(7-9-12)10-4-2-1-3-5-10/h1-9H,15H2,(H2,14,17). The molecule has 0 spiro atoms. The van der Waals surface area contributed by atoms with Gasteiger partial charge in [0.2, 0.25) is 0 Å². The Kier molecular flexibility index (Phi) is 3.73. The van der Waals surface area contributed by atoms with E-state index in [1.54, 1.807) is 12.1 Å². The molecule has 2 rings (SSSR count). The maximum absolute atomic E-state index is 11.9. The topological polar surface area (TPSA) is 106 Å². The van der Waals surface area contributed by atoms with E-state index in [9.17, 15) is 13.2 Å². The quantitative estimate of drug-likeness (QED) is 0.505. The largest absolute Gasteiger partial charge is 0.349 e. The molecule has 6 nitrogen and oxygen atoms in total. The highest BCUT2D eigenvalue weighted by Gasteiger charge is 2.24. The lowest BCUT2D eigenvalue weighted by Crippen LogP contribution is -2.45. The van der Waals surface area contributed by atoms with Gasteiger partial charge < -0.3 is 5.73 Å². The molecule has 4 N–H and O–H groups in total. The third-order valence-corrected chi connectivity index (χ3v) is 4.30. The van der Waals surface area contributed by atoms with Crippen LogP contribution in [-0.4, -0.2) is 18.9 Å². The Morgan fingerprint density at radius 1 is 0.900 bits per heavy atom. The van der Waals surface area contributed by atoms with Crippen molar-refractivity contribution in [3.8, 4) is 11.1 Å². The molecule has 0 aliphatic carbocycles. The summed E-state index contributed by atoms with van der Waals surface area (Å²) in [6.07, 6.45) is 0. The molecule has 0 fully saturated rings. The van der Waals surface area contributed by atoms with Crippen molar-refractivity contribution in [3.63, 3.8) is 0 Å². The summed E-state index contributed by atoms with van der Waals surface area (Å²) >= 11 is 0. The number of amides is 2. The number of nitrogens with zero attached hydrogens (tertiary/aromatic N) is 1. The summed E-state index contributed by atoms with van der Waals surface area (Å²) in [6.45, 7) is 0. The van der Waals surface area contributed by atoms with Crippen LogP contribution in [0, 0.1) is 0 Å². The summed E-state index contributed by atoms with van der Waals surface area (Å²) in [4.78, 5) is 10.8. The highest BCUT2D eigenvalue weighted by atomic mass is 32.2. The van der Waals surface area contributed by atoms with Gasteiger partial charge in [-0.2, -0.15) is 8.42 Å². The van der Waals surface area contributed by atoms with E-state index < -0.39 is 16.1 Å². The van der Waals surface area contributed by atoms with Crippen molar-refractivity contribution in [1.82, 2.24) is 4.41 Å². The summed E-state index contributed by atoms with van der Waals surface area (Å²) in [5, 5.41) is 0. The summed E-state index contributed by atoms with van der Waals surface area (Å²) < 4.78 is 23.9. The van der Waals surface area contributed by atoms with Gasteiger partial charge in [-0.15, -0.1) is 4.41 Å². The van der Waals surface area contributed by atoms with Gasteiger partial charge in [-0.05, 0) is 23.3 Å². The van der Waals surface area contributed by atoms with Crippen LogP contribution in [0.15, 0.2) is 59.5 Å². The first kappa shape index (κ1) is 14.0. The van der Waals surface area contributed by atoms with Crippen molar-refractivity contribution < 1.29 is 13.2 Å². The van der Waals surface area contributed by atoms with E-state index >= 15 is 0 Å². The maximum Gasteiger partial charge on any atom is 0.343 e. The van der Waals surface area contributed by atoms with Crippen LogP contribution in [0.1, 0.15) is 0 Å². The van der Waals surface area contributed by atoms with Gasteiger partial charge in [0.1, 0.15) is 0 Å². The average molecular weight is 291 g/mol. The van der Waals surface area contributed by atoms with Gasteiger partial charge in [-0.3, -0.25) is 0 Å². The Labute approximate surface area is 116 Å². The van der Waals surface area contributed by atoms with Crippen molar-refractivity contribution >= 4 is 16.1 Å². The van der Waals surface area contributed by atoms with Gasteiger partial charge in [-0.1, -0.05) is 42.5 Å². The second-order valence-corrected chi connectivity index (χ2v) is 5.84. The Bertz CT molecular complexity index is 712. The summed E-state index contributed by atoms with van der Waals surface area (Å²) in [5.41, 5.74) is 6.67. The molecule has 2 aromatic carbocycles. The van der Waals surface area contributed by atoms with Crippen molar-refractivity contribution in [1.29, 1.82) is 0 Å². The Morgan fingerprint density at radius 3 is 1.90 bits per heavy atom. The molecule has 7 heteroatoms. The van der Waals surface area contributed by atoms with Gasteiger partial charge in [0.15, 0.2) is 0 Å². The lowest BCUT2D eigenvalue weighted by molar-refractivity contribution is 0.232. The van der Waals surface area contributed by atoms with Crippen LogP contribution in [0.5, 0.6) is 0 Å². The highest BCUT2D eigenvalue weighted by Crippen LogP contribution is 2.21. The Hall–Kier alpha value is -2.38. The molecule has 0 atom stereocenters. The third kappa shape index (κ3) is 2.63. The first-order chi connectivity index (χ1) is 9.43. The Morgan fingerprint density at radius 2 is 1.40 bits per heavy atom. The van der Waals surface area contributed by atoms with E-state index in [2.05, 4.69) is 0 Å². The minimum atomic E-state index is -4.10. The smallest absolute Gasteiger partial charge is 0.343 e. The van der Waals surface area contributed by atoms with Crippen LogP contribution in [0.25, 0.3) is 11.1 Å². The molecule has 2 amide bonds. The number of hydrogen-bond donors (Lipinski definition) is 2. The number of sulfonamides is 1. The zero-order valence-corrected chi connectivity index (χ0v) is 11.2. The number of urea groups is 1. The molecule has 0 saturated carbocycles. The molecule has 20 heavy (non-hydrogen) atoms. The van der Waals surface area contributed by atoms with Crippen LogP contribution in [0.3, 0.4) is 0 Å². The molecule has 2 aromatic rings. The normalized spacial score (nSPS) is 11.1. The Balaban J connectivity index is 2.36. The maximum atomic E-state index is 11.9. The zero-order valence-electron chi connectivity index (χ0n) is 10.4. The summed E-state index contributed by atoms with van der Waals surface area (Å²) in [5.74, 6) is 5.15. The fourth-order valence-electron chi connectivity index (χ4n) is 1.68. The van der Waals surface area contributed by atoms with Crippen LogP contribution in [-0.2, 0) is 10.0 Å². The lowest BCUT2D eigenvalue weighted by atomic mass is 10.1. The predicted molar refractivity (Wildman–Crippen MR) is 74.7 cm³/mol. The number of primary amides is 1. The van der Waals surface area contributed by atoms with Crippen molar-refractivity contribution in [3.05, 3.63) is 54.6 Å². The second kappa shape index (κ2) is 5.32. The minimum Gasteiger partial charge on any atom is -0.349 e. The molecule has 0 aliphatic heterocycles. The molecule has 0 bridgehead atoms. The van der Waals surface area contributed by atoms with E-state index in [-0.39, 0.29) is 9.31 Å². The fraction of sp³-hybridized carbons (Fsp3) is 0. The van der Waals surface area contributed by atoms with Crippen LogP contribution >= 0.6 is 0 Å². The van der Waals surface area contributed by atoms with E-state index in [1.165, 1.54) is 12.1 Å². The number of benzene rings is 2. The lowest BCUT2D eigenvalue weighted by Gasteiger charge is -2.14. The van der Waals surface area contributed by atoms with Crippen molar-refractivity contribution in [2.75, 3.05) is 0 Å². The number of rotatable bonds is 3. The fourth-order valence-corrected chi connectivity index (χ4v) is 2.63. The summed E-state index contributed by atoms with van der Waals surface area (Å²) in [7, 11) is -4.10. The molecule has 0 saturated heterocycles. The summed E-state index contributed by atoms with van der Waals surface area (Å²) in [6, 6.07) is 14.3. The molecule has 0 unspecified atom stereocenters. The highest BCUT2D eigenvalue weighted by molar-refractivity contribution is 7.89. The monoisotopic (exact) mass is 291 g/mol. The third-order valence-electron chi connectivity index (χ3n) is 2.74. The number of carbonyl (C=O) groups excluding carboxylic acids is 1. The number of nitrogens with two attached hydrogens (primary N) is 2. The van der Waals surface area contributed by atoms with Crippen molar-refractivity contribution in [2.24, 2.45) is 11.6 Å². The molecule has 0 aliphatic rings. The number of hydrogen-bond acceptors (Lipinski definition) is 4. The second-order valence-electron chi connectivity index (χ2n) is 4.03. The molecular formula is C13H13N3O3S. The SMILES string of the molecule is NC(=O)N(N)S(=O)(=O)c1ccc(-c2ccccc2)cc1. The van der Waals surface area contributed by atoms with Gasteiger partial charge >= 0.3 is 6.03 Å². The number of carbonyl (C=O) groups is 1. The van der Waals surface area contributed by atoms with E-state index in [4.69, 9.17) is 11.6 Å². The molecule has 0 aromatic heterocycles. The van der Waals surface area contributed by atoms with Gasteiger partial charge in [0, 0.05) is 0 Å². The molecular weight excluding hydrogens is 278 g/mol. The van der Waals surface area contributed by atoms with E-state index in [0.29, 0.717) is 0 Å². The first-order valence-electron chi connectivity index (χ1n) is 5.68. The molecule has 0 radical (unpaired) electrons. The van der Waals surface area contributed by atoms with Gasteiger partial charge in [0.25, 0.3) is 10.0 Å². The van der Waals surface area contributed by atoms with E-state index in [0.717, 1.165) is 11.1 Å². The molecule has 0 heterocycles. The van der Waals surface area contributed by atoms with Gasteiger partial charge in [0.05, 0.1) is 4.90 Å². The minimum absolute atomic E-state index is 0.0184. The molecule has 104 valence electrons. The van der Waals surface area contributed by atoms with Crippen LogP contribution < -0.4 is 11.6 Å².